The molecule has 2 atom stereocenters. The lowest BCUT2D eigenvalue weighted by atomic mass is 9.83. The van der Waals surface area contributed by atoms with Crippen molar-refractivity contribution in [3.8, 4) is 0 Å². The van der Waals surface area contributed by atoms with Gasteiger partial charge in [0.05, 0.1) is 24.6 Å². The van der Waals surface area contributed by atoms with Gasteiger partial charge >= 0.3 is 11.9 Å². The first-order chi connectivity index (χ1) is 12.9. The summed E-state index contributed by atoms with van der Waals surface area (Å²) in [7, 11) is 1.30. The van der Waals surface area contributed by atoms with Crippen LogP contribution >= 0.6 is 0 Å². The number of hydrogen-bond acceptors (Lipinski definition) is 4. The molecule has 2 unspecified atom stereocenters. The van der Waals surface area contributed by atoms with Crippen LogP contribution < -0.4 is 4.90 Å². The summed E-state index contributed by atoms with van der Waals surface area (Å²) in [5.41, 5.74) is 2.76. The number of carboxylic acids is 1. The van der Waals surface area contributed by atoms with Crippen molar-refractivity contribution in [2.24, 2.45) is 5.92 Å². The number of carbonyl (C=O) groups is 3. The molecule has 1 N–H and O–H groups in total. The first-order valence-electron chi connectivity index (χ1n) is 8.72. The summed E-state index contributed by atoms with van der Waals surface area (Å²) in [6.45, 7) is 1.95. The number of benzene rings is 2. The van der Waals surface area contributed by atoms with Gasteiger partial charge in [-0.2, -0.15) is 0 Å². The third-order valence-electron chi connectivity index (χ3n) is 4.90. The third-order valence-corrected chi connectivity index (χ3v) is 4.90. The SMILES string of the molecule is COC(=O)c1ccc(C2C(C(=O)O)CCC(=O)N2c2ccc(C)cc2)cc1. The van der Waals surface area contributed by atoms with Crippen LogP contribution in [-0.4, -0.2) is 30.1 Å². The number of piperidine rings is 1. The molecule has 1 heterocycles. The fourth-order valence-electron chi connectivity index (χ4n) is 3.48. The molecule has 3 rings (SSSR count). The number of aliphatic carboxylic acids is 1. The van der Waals surface area contributed by atoms with E-state index in [0.717, 1.165) is 5.56 Å². The molecule has 0 radical (unpaired) electrons. The number of nitrogens with zero attached hydrogens (tertiary/aromatic N) is 1. The Bertz CT molecular complexity index is 857. The van der Waals surface area contributed by atoms with E-state index in [9.17, 15) is 19.5 Å². The molecule has 6 nitrogen and oxygen atoms in total. The van der Waals surface area contributed by atoms with E-state index in [4.69, 9.17) is 4.74 Å². The van der Waals surface area contributed by atoms with E-state index >= 15 is 0 Å². The fraction of sp³-hybridized carbons (Fsp3) is 0.286. The highest BCUT2D eigenvalue weighted by molar-refractivity contribution is 5.97. The van der Waals surface area contributed by atoms with Crippen LogP contribution in [0.5, 0.6) is 0 Å². The highest BCUT2D eigenvalue weighted by Gasteiger charge is 2.41. The standard InChI is InChI=1S/C21H21NO5/c1-13-3-9-16(10-4-13)22-18(23)12-11-17(20(24)25)19(22)14-5-7-15(8-6-14)21(26)27-2/h3-10,17,19H,11-12H2,1-2H3,(H,24,25). The molecule has 1 amide bonds. The number of methoxy groups -OCH3 is 1. The van der Waals surface area contributed by atoms with Gasteiger partial charge in [-0.3, -0.25) is 9.59 Å². The molecule has 1 aliphatic heterocycles. The van der Waals surface area contributed by atoms with E-state index in [1.54, 1.807) is 29.2 Å². The number of amides is 1. The normalized spacial score (nSPS) is 19.6. The molecule has 0 spiro atoms. The van der Waals surface area contributed by atoms with Crippen LogP contribution in [0, 0.1) is 12.8 Å². The zero-order valence-electron chi connectivity index (χ0n) is 15.2. The number of carboxylic acid groups (broad SMARTS) is 1. The van der Waals surface area contributed by atoms with Crippen molar-refractivity contribution in [1.29, 1.82) is 0 Å². The van der Waals surface area contributed by atoms with Crippen LogP contribution in [0.2, 0.25) is 0 Å². The molecule has 1 saturated heterocycles. The average Bonchev–Trinajstić information content (AvgIpc) is 2.68. The Morgan fingerprint density at radius 1 is 1.07 bits per heavy atom. The van der Waals surface area contributed by atoms with Crippen molar-refractivity contribution >= 4 is 23.5 Å². The van der Waals surface area contributed by atoms with Gasteiger partial charge in [0.15, 0.2) is 0 Å². The van der Waals surface area contributed by atoms with E-state index in [2.05, 4.69) is 0 Å². The van der Waals surface area contributed by atoms with Gasteiger partial charge in [-0.05, 0) is 43.2 Å². The molecule has 0 aromatic heterocycles. The molecule has 2 aromatic rings. The van der Waals surface area contributed by atoms with Gasteiger partial charge < -0.3 is 14.7 Å². The van der Waals surface area contributed by atoms with Crippen LogP contribution in [0.3, 0.4) is 0 Å². The van der Waals surface area contributed by atoms with Crippen LogP contribution in [0.1, 0.15) is 40.4 Å². The number of rotatable bonds is 4. The molecule has 0 bridgehead atoms. The van der Waals surface area contributed by atoms with Crippen molar-refractivity contribution in [2.45, 2.75) is 25.8 Å². The zero-order valence-corrected chi connectivity index (χ0v) is 15.2. The first kappa shape index (κ1) is 18.6. The molecule has 0 saturated carbocycles. The Kier molecular flexibility index (Phi) is 5.26. The molecule has 2 aromatic carbocycles. The molecular weight excluding hydrogens is 346 g/mol. The Balaban J connectivity index is 2.06. The number of hydrogen-bond donors (Lipinski definition) is 1. The maximum atomic E-state index is 12.7. The maximum absolute atomic E-state index is 12.7. The van der Waals surface area contributed by atoms with Gasteiger partial charge in [0.25, 0.3) is 0 Å². The molecule has 27 heavy (non-hydrogen) atoms. The Morgan fingerprint density at radius 2 is 1.70 bits per heavy atom. The summed E-state index contributed by atoms with van der Waals surface area (Å²) in [4.78, 5) is 37.8. The number of esters is 1. The monoisotopic (exact) mass is 367 g/mol. The second-order valence-corrected chi connectivity index (χ2v) is 6.64. The van der Waals surface area contributed by atoms with E-state index in [1.165, 1.54) is 7.11 Å². The molecule has 1 aliphatic rings. The van der Waals surface area contributed by atoms with Crippen LogP contribution in [0.25, 0.3) is 0 Å². The summed E-state index contributed by atoms with van der Waals surface area (Å²) >= 11 is 0. The molecule has 0 aliphatic carbocycles. The smallest absolute Gasteiger partial charge is 0.337 e. The summed E-state index contributed by atoms with van der Waals surface area (Å²) in [6.07, 6.45) is 0.460. The highest BCUT2D eigenvalue weighted by atomic mass is 16.5. The van der Waals surface area contributed by atoms with Crippen molar-refractivity contribution in [3.63, 3.8) is 0 Å². The minimum atomic E-state index is -0.943. The van der Waals surface area contributed by atoms with Gasteiger partial charge in [0.2, 0.25) is 5.91 Å². The lowest BCUT2D eigenvalue weighted by molar-refractivity contribution is -0.144. The summed E-state index contributed by atoms with van der Waals surface area (Å²) in [5.74, 6) is -2.25. The molecule has 1 fully saturated rings. The predicted octanol–water partition coefficient (Wildman–Crippen LogP) is 3.35. The van der Waals surface area contributed by atoms with Gasteiger partial charge in [-0.1, -0.05) is 29.8 Å². The number of anilines is 1. The van der Waals surface area contributed by atoms with Gasteiger partial charge in [-0.15, -0.1) is 0 Å². The first-order valence-corrected chi connectivity index (χ1v) is 8.72. The van der Waals surface area contributed by atoms with E-state index in [1.807, 2.05) is 31.2 Å². The van der Waals surface area contributed by atoms with Crippen LogP contribution in [0.15, 0.2) is 48.5 Å². The van der Waals surface area contributed by atoms with E-state index in [0.29, 0.717) is 16.8 Å². The van der Waals surface area contributed by atoms with Crippen LogP contribution in [0.4, 0.5) is 5.69 Å². The zero-order chi connectivity index (χ0) is 19.6. The largest absolute Gasteiger partial charge is 0.481 e. The molecule has 6 heteroatoms. The summed E-state index contributed by atoms with van der Waals surface area (Å²) < 4.78 is 4.70. The number of ether oxygens (including phenoxy) is 1. The van der Waals surface area contributed by atoms with Gasteiger partial charge in [-0.25, -0.2) is 4.79 Å². The number of aryl methyl sites for hydroxylation is 1. The second-order valence-electron chi connectivity index (χ2n) is 6.64. The van der Waals surface area contributed by atoms with Crippen molar-refractivity contribution in [3.05, 3.63) is 65.2 Å². The van der Waals surface area contributed by atoms with E-state index in [-0.39, 0.29) is 18.7 Å². The van der Waals surface area contributed by atoms with Crippen molar-refractivity contribution in [2.75, 3.05) is 12.0 Å². The Morgan fingerprint density at radius 3 is 2.26 bits per heavy atom. The van der Waals surface area contributed by atoms with Crippen molar-refractivity contribution in [1.82, 2.24) is 0 Å². The minimum Gasteiger partial charge on any atom is -0.481 e. The Hall–Kier alpha value is -3.15. The topological polar surface area (TPSA) is 83.9 Å². The van der Waals surface area contributed by atoms with E-state index < -0.39 is 23.9 Å². The quantitative estimate of drug-likeness (QED) is 0.838. The lowest BCUT2D eigenvalue weighted by Crippen LogP contribution is -2.45. The van der Waals surface area contributed by atoms with Gasteiger partial charge in [0.1, 0.15) is 0 Å². The maximum Gasteiger partial charge on any atom is 0.337 e. The van der Waals surface area contributed by atoms with Crippen molar-refractivity contribution < 1.29 is 24.2 Å². The highest BCUT2D eigenvalue weighted by Crippen LogP contribution is 2.40. The van der Waals surface area contributed by atoms with Crippen LogP contribution in [-0.2, 0) is 14.3 Å². The average molecular weight is 367 g/mol. The summed E-state index contributed by atoms with van der Waals surface area (Å²) in [5, 5.41) is 9.73. The minimum absolute atomic E-state index is 0.113. The lowest BCUT2D eigenvalue weighted by Gasteiger charge is -2.40. The fourth-order valence-corrected chi connectivity index (χ4v) is 3.48. The number of carbonyl (C=O) groups excluding carboxylic acids is 2. The molecular formula is C21H21NO5. The predicted molar refractivity (Wildman–Crippen MR) is 99.5 cm³/mol. The second kappa shape index (κ2) is 7.61. The molecule has 140 valence electrons. The Labute approximate surface area is 157 Å². The summed E-state index contributed by atoms with van der Waals surface area (Å²) in [6, 6.07) is 13.4. The van der Waals surface area contributed by atoms with Gasteiger partial charge in [0, 0.05) is 12.1 Å². The third kappa shape index (κ3) is 3.69.